The van der Waals surface area contributed by atoms with Crippen LogP contribution in [-0.4, -0.2) is 51.5 Å². The number of pyridine rings is 1. The largest absolute Gasteiger partial charge is 0.370 e. The summed E-state index contributed by atoms with van der Waals surface area (Å²) in [5.41, 5.74) is 0.627. The van der Waals surface area contributed by atoms with Crippen LogP contribution in [0, 0.1) is 17.2 Å². The van der Waals surface area contributed by atoms with Crippen molar-refractivity contribution in [3.63, 3.8) is 0 Å². The molecule has 31 heavy (non-hydrogen) atoms. The average Bonchev–Trinajstić information content (AvgIpc) is 3.30. The lowest BCUT2D eigenvalue weighted by molar-refractivity contribution is 0.153. The zero-order chi connectivity index (χ0) is 22.4. The van der Waals surface area contributed by atoms with Gasteiger partial charge >= 0.3 is 0 Å². The lowest BCUT2D eigenvalue weighted by Crippen LogP contribution is -2.42. The van der Waals surface area contributed by atoms with E-state index in [1.54, 1.807) is 0 Å². The van der Waals surface area contributed by atoms with Gasteiger partial charge in [-0.2, -0.15) is 4.39 Å². The molecule has 2 fully saturated rings. The number of hydrogen-bond acceptors (Lipinski definition) is 5. The SMILES string of the molecule is CN(C)[C@@H]1CCC[C@]12CCN(c1ccc(S(=O)(=O)Nc3cccc(F)n3)c(F)c1Cl)C2. The van der Waals surface area contributed by atoms with Gasteiger partial charge in [-0.25, -0.2) is 17.8 Å². The standard InChI is InChI=1S/C21H25ClF2N4O2S/c1-27(2)16-5-4-10-21(16)11-12-28(13-21)14-8-9-15(20(24)19(14)22)31(29,30)26-18-7-3-6-17(23)25-18/h3,6-9,16H,4-5,10-13H2,1-2H3,(H,25,26)/t16-,21-/m1/s1. The zero-order valence-electron chi connectivity index (χ0n) is 17.4. The predicted octanol–water partition coefficient (Wildman–Crippen LogP) is 4.12. The summed E-state index contributed by atoms with van der Waals surface area (Å²) in [4.78, 5) is 7.16. The summed E-state index contributed by atoms with van der Waals surface area (Å²) in [5, 5.41) is -0.230. The molecule has 0 radical (unpaired) electrons. The molecule has 2 aromatic rings. The molecule has 0 amide bonds. The first-order valence-corrected chi connectivity index (χ1v) is 12.0. The summed E-state index contributed by atoms with van der Waals surface area (Å²) in [6, 6.07) is 6.86. The molecule has 1 aromatic heterocycles. The number of benzene rings is 1. The number of nitrogens with zero attached hydrogens (tertiary/aromatic N) is 3. The van der Waals surface area contributed by atoms with Crippen molar-refractivity contribution < 1.29 is 17.2 Å². The number of anilines is 2. The highest BCUT2D eigenvalue weighted by molar-refractivity contribution is 7.92. The van der Waals surface area contributed by atoms with Crippen molar-refractivity contribution in [3.8, 4) is 0 Å². The lowest BCUT2D eigenvalue weighted by atomic mass is 9.81. The Hall–Kier alpha value is -1.97. The maximum Gasteiger partial charge on any atom is 0.266 e. The average molecular weight is 471 g/mol. The molecule has 1 N–H and O–H groups in total. The molecule has 2 aliphatic rings. The van der Waals surface area contributed by atoms with Crippen molar-refractivity contribution in [2.24, 2.45) is 5.41 Å². The molecular formula is C21H25ClF2N4O2S. The second-order valence-electron chi connectivity index (χ2n) is 8.57. The third-order valence-electron chi connectivity index (χ3n) is 6.48. The number of halogens is 3. The van der Waals surface area contributed by atoms with Crippen molar-refractivity contribution in [2.45, 2.75) is 36.6 Å². The number of sulfonamides is 1. The van der Waals surface area contributed by atoms with Gasteiger partial charge in [0.1, 0.15) is 15.7 Å². The van der Waals surface area contributed by atoms with Crippen LogP contribution in [0.5, 0.6) is 0 Å². The molecule has 10 heteroatoms. The van der Waals surface area contributed by atoms with E-state index in [4.69, 9.17) is 11.6 Å². The monoisotopic (exact) mass is 470 g/mol. The highest BCUT2D eigenvalue weighted by atomic mass is 35.5. The molecule has 1 saturated heterocycles. The van der Waals surface area contributed by atoms with Crippen LogP contribution in [0.2, 0.25) is 5.02 Å². The Morgan fingerprint density at radius 1 is 1.23 bits per heavy atom. The molecule has 0 bridgehead atoms. The fraction of sp³-hybridized carbons (Fsp3) is 0.476. The summed E-state index contributed by atoms with van der Waals surface area (Å²) in [6.45, 7) is 1.49. The molecule has 1 aliphatic heterocycles. The van der Waals surface area contributed by atoms with Crippen molar-refractivity contribution in [2.75, 3.05) is 36.8 Å². The maximum absolute atomic E-state index is 15.1. The molecular weight excluding hydrogens is 446 g/mol. The highest BCUT2D eigenvalue weighted by Crippen LogP contribution is 2.49. The van der Waals surface area contributed by atoms with Crippen LogP contribution in [0.1, 0.15) is 25.7 Å². The molecule has 2 heterocycles. The van der Waals surface area contributed by atoms with Gasteiger partial charge in [-0.1, -0.05) is 24.1 Å². The van der Waals surface area contributed by atoms with E-state index < -0.39 is 26.7 Å². The van der Waals surface area contributed by atoms with Crippen molar-refractivity contribution in [3.05, 3.63) is 47.1 Å². The molecule has 1 spiro atoms. The minimum Gasteiger partial charge on any atom is -0.370 e. The first-order chi connectivity index (χ1) is 14.6. The summed E-state index contributed by atoms with van der Waals surface area (Å²) in [7, 11) is -0.149. The van der Waals surface area contributed by atoms with Gasteiger partial charge in [-0.05, 0) is 57.6 Å². The van der Waals surface area contributed by atoms with Gasteiger partial charge in [0.25, 0.3) is 10.0 Å². The van der Waals surface area contributed by atoms with Crippen LogP contribution in [0.3, 0.4) is 0 Å². The van der Waals surface area contributed by atoms with Gasteiger partial charge in [-0.15, -0.1) is 0 Å². The zero-order valence-corrected chi connectivity index (χ0v) is 19.0. The summed E-state index contributed by atoms with van der Waals surface area (Å²) in [5.74, 6) is -2.11. The van der Waals surface area contributed by atoms with Gasteiger partial charge in [0.15, 0.2) is 5.82 Å². The molecule has 1 aromatic carbocycles. The number of aromatic nitrogens is 1. The molecule has 1 aliphatic carbocycles. The van der Waals surface area contributed by atoms with Crippen LogP contribution in [0.25, 0.3) is 0 Å². The molecule has 1 saturated carbocycles. The maximum atomic E-state index is 15.1. The van der Waals surface area contributed by atoms with E-state index in [0.717, 1.165) is 44.8 Å². The Kier molecular flexibility index (Phi) is 5.87. The topological polar surface area (TPSA) is 65.5 Å². The van der Waals surface area contributed by atoms with Gasteiger partial charge in [0, 0.05) is 24.5 Å². The van der Waals surface area contributed by atoms with E-state index in [2.05, 4.69) is 28.7 Å². The Labute approximate surface area is 186 Å². The first-order valence-electron chi connectivity index (χ1n) is 10.2. The van der Waals surface area contributed by atoms with E-state index in [9.17, 15) is 12.8 Å². The minimum absolute atomic E-state index is 0.138. The Bertz CT molecular complexity index is 1100. The fourth-order valence-corrected chi connectivity index (χ4v) is 6.56. The summed E-state index contributed by atoms with van der Waals surface area (Å²) < 4.78 is 55.7. The van der Waals surface area contributed by atoms with E-state index in [1.165, 1.54) is 24.3 Å². The van der Waals surface area contributed by atoms with Gasteiger partial charge < -0.3 is 9.80 Å². The number of hydrogen-bond donors (Lipinski definition) is 1. The molecule has 0 unspecified atom stereocenters. The number of nitrogens with one attached hydrogen (secondary N) is 1. The Morgan fingerprint density at radius 3 is 2.71 bits per heavy atom. The molecule has 168 valence electrons. The van der Waals surface area contributed by atoms with E-state index in [0.29, 0.717) is 11.7 Å². The van der Waals surface area contributed by atoms with Crippen LogP contribution < -0.4 is 9.62 Å². The van der Waals surface area contributed by atoms with Crippen molar-refractivity contribution in [1.82, 2.24) is 9.88 Å². The fourth-order valence-electron chi connectivity index (χ4n) is 5.13. The highest BCUT2D eigenvalue weighted by Gasteiger charge is 2.48. The lowest BCUT2D eigenvalue weighted by Gasteiger charge is -2.36. The third-order valence-corrected chi connectivity index (χ3v) is 8.21. The van der Waals surface area contributed by atoms with Crippen LogP contribution >= 0.6 is 11.6 Å². The Balaban J connectivity index is 1.60. The third kappa shape index (κ3) is 4.10. The van der Waals surface area contributed by atoms with E-state index >= 15 is 4.39 Å². The van der Waals surface area contributed by atoms with E-state index in [1.807, 2.05) is 4.90 Å². The molecule has 2 atom stereocenters. The quantitative estimate of drug-likeness (QED) is 0.666. The second kappa shape index (κ2) is 8.18. The van der Waals surface area contributed by atoms with Crippen LogP contribution in [0.15, 0.2) is 35.2 Å². The van der Waals surface area contributed by atoms with Gasteiger partial charge in [0.2, 0.25) is 5.95 Å². The predicted molar refractivity (Wildman–Crippen MR) is 117 cm³/mol. The molecule has 6 nitrogen and oxygen atoms in total. The van der Waals surface area contributed by atoms with Crippen molar-refractivity contribution >= 4 is 33.1 Å². The summed E-state index contributed by atoms with van der Waals surface area (Å²) in [6.07, 6.45) is 4.40. The van der Waals surface area contributed by atoms with Gasteiger partial charge in [0.05, 0.1) is 5.69 Å². The van der Waals surface area contributed by atoms with E-state index in [-0.39, 0.29) is 16.3 Å². The second-order valence-corrected chi connectivity index (χ2v) is 10.6. The smallest absolute Gasteiger partial charge is 0.266 e. The minimum atomic E-state index is -4.33. The van der Waals surface area contributed by atoms with Crippen LogP contribution in [-0.2, 0) is 10.0 Å². The Morgan fingerprint density at radius 2 is 2.00 bits per heavy atom. The summed E-state index contributed by atoms with van der Waals surface area (Å²) >= 11 is 6.31. The first kappa shape index (κ1) is 22.2. The number of rotatable bonds is 5. The van der Waals surface area contributed by atoms with Crippen molar-refractivity contribution in [1.29, 1.82) is 0 Å². The normalized spacial score (nSPS) is 23.8. The van der Waals surface area contributed by atoms with Crippen LogP contribution in [0.4, 0.5) is 20.3 Å². The molecule has 4 rings (SSSR count). The van der Waals surface area contributed by atoms with Gasteiger partial charge in [-0.3, -0.25) is 4.72 Å².